The van der Waals surface area contributed by atoms with Gasteiger partial charge in [0.05, 0.1) is 22.9 Å². The summed E-state index contributed by atoms with van der Waals surface area (Å²) in [6.45, 7) is 6.74. The third-order valence-corrected chi connectivity index (χ3v) is 6.43. The summed E-state index contributed by atoms with van der Waals surface area (Å²) in [5, 5.41) is 25.8. The van der Waals surface area contributed by atoms with Crippen molar-refractivity contribution < 1.29 is 24.5 Å². The standard InChI is InChI=1S/C29H37ClN4O5/c1-17(2)39-26-11-10-22(15-24(26)30)29(38)32-23(12-13-35)14-20-6-8-21(9-7-20)25-16-34(5)28(33-25)27(18(3)36)31-19(4)37/h6-11,15-18,23,27,35-36H,12-14H2,1-5H3,(H,31,37)(H,32,38)/t18-,23+,27-/m0/s1. The minimum Gasteiger partial charge on any atom is -0.489 e. The van der Waals surface area contributed by atoms with Gasteiger partial charge in [-0.15, -0.1) is 0 Å². The zero-order valence-corrected chi connectivity index (χ0v) is 23.7. The summed E-state index contributed by atoms with van der Waals surface area (Å²) in [4.78, 5) is 29.1. The third kappa shape index (κ3) is 8.29. The number of carbonyl (C=O) groups is 2. The fourth-order valence-corrected chi connectivity index (χ4v) is 4.49. The molecule has 0 radical (unpaired) electrons. The number of aromatic nitrogens is 2. The summed E-state index contributed by atoms with van der Waals surface area (Å²) in [6, 6.07) is 11.8. The van der Waals surface area contributed by atoms with Gasteiger partial charge in [-0.25, -0.2) is 4.98 Å². The highest BCUT2D eigenvalue weighted by molar-refractivity contribution is 6.32. The maximum Gasteiger partial charge on any atom is 0.251 e. The van der Waals surface area contributed by atoms with Gasteiger partial charge in [0.2, 0.25) is 5.91 Å². The van der Waals surface area contributed by atoms with Crippen LogP contribution in [0.3, 0.4) is 0 Å². The smallest absolute Gasteiger partial charge is 0.251 e. The molecule has 0 bridgehead atoms. The van der Waals surface area contributed by atoms with E-state index in [4.69, 9.17) is 16.3 Å². The number of imidazole rings is 1. The lowest BCUT2D eigenvalue weighted by Crippen LogP contribution is -2.37. The van der Waals surface area contributed by atoms with E-state index in [1.54, 1.807) is 29.7 Å². The van der Waals surface area contributed by atoms with Crippen LogP contribution < -0.4 is 15.4 Å². The van der Waals surface area contributed by atoms with Gasteiger partial charge in [0, 0.05) is 43.9 Å². The summed E-state index contributed by atoms with van der Waals surface area (Å²) in [7, 11) is 1.82. The summed E-state index contributed by atoms with van der Waals surface area (Å²) in [5.74, 6) is 0.538. The molecule has 3 atom stereocenters. The molecule has 1 heterocycles. The maximum atomic E-state index is 12.9. The van der Waals surface area contributed by atoms with Crippen molar-refractivity contribution >= 4 is 23.4 Å². The van der Waals surface area contributed by atoms with E-state index in [0.29, 0.717) is 40.7 Å². The van der Waals surface area contributed by atoms with Gasteiger partial charge in [-0.3, -0.25) is 9.59 Å². The van der Waals surface area contributed by atoms with Crippen molar-refractivity contribution in [3.05, 3.63) is 70.6 Å². The SMILES string of the molecule is CC(=O)N[C@H](c1nc(-c2ccc(C[C@@H](CCO)NC(=O)c3ccc(OC(C)C)c(Cl)c3)cc2)cn1C)[C@H](C)O. The summed E-state index contributed by atoms with van der Waals surface area (Å²) in [5.41, 5.74) is 2.97. The molecule has 3 aromatic rings. The minimum absolute atomic E-state index is 0.0351. The van der Waals surface area contributed by atoms with E-state index in [2.05, 4.69) is 15.6 Å². The molecule has 2 aromatic carbocycles. The molecule has 0 aliphatic rings. The number of nitrogens with one attached hydrogen (secondary N) is 2. The Hall–Kier alpha value is -3.40. The summed E-state index contributed by atoms with van der Waals surface area (Å²) >= 11 is 6.29. The van der Waals surface area contributed by atoms with Gasteiger partial charge in [-0.1, -0.05) is 35.9 Å². The zero-order chi connectivity index (χ0) is 28.7. The van der Waals surface area contributed by atoms with Crippen molar-refractivity contribution in [3.63, 3.8) is 0 Å². The number of aryl methyl sites for hydroxylation is 1. The zero-order valence-electron chi connectivity index (χ0n) is 22.9. The molecule has 9 nitrogen and oxygen atoms in total. The van der Waals surface area contributed by atoms with Crippen LogP contribution in [-0.2, 0) is 18.3 Å². The van der Waals surface area contributed by atoms with Crippen LogP contribution in [0.5, 0.6) is 5.75 Å². The molecular weight excluding hydrogens is 520 g/mol. The number of aliphatic hydroxyl groups is 2. The molecule has 0 saturated heterocycles. The lowest BCUT2D eigenvalue weighted by molar-refractivity contribution is -0.120. The van der Waals surface area contributed by atoms with Gasteiger partial charge in [0.25, 0.3) is 5.91 Å². The average molecular weight is 557 g/mol. The number of amides is 2. The molecule has 0 saturated carbocycles. The number of hydrogen-bond acceptors (Lipinski definition) is 6. The minimum atomic E-state index is -0.814. The Morgan fingerprint density at radius 2 is 1.79 bits per heavy atom. The molecule has 0 aliphatic heterocycles. The third-order valence-electron chi connectivity index (χ3n) is 6.13. The molecule has 0 unspecified atom stereocenters. The Kier molecular flexibility index (Phi) is 10.5. The molecule has 10 heteroatoms. The van der Waals surface area contributed by atoms with E-state index in [-0.39, 0.29) is 30.6 Å². The lowest BCUT2D eigenvalue weighted by atomic mass is 10.0. The molecular formula is C29H37ClN4O5. The van der Waals surface area contributed by atoms with E-state index in [1.165, 1.54) is 6.92 Å². The second kappa shape index (κ2) is 13.6. The lowest BCUT2D eigenvalue weighted by Gasteiger charge is -2.20. The molecule has 210 valence electrons. The number of ether oxygens (including phenoxy) is 1. The maximum absolute atomic E-state index is 12.9. The molecule has 0 spiro atoms. The highest BCUT2D eigenvalue weighted by atomic mass is 35.5. The van der Waals surface area contributed by atoms with Crippen molar-refractivity contribution in [2.24, 2.45) is 7.05 Å². The summed E-state index contributed by atoms with van der Waals surface area (Å²) < 4.78 is 7.42. The molecule has 0 fully saturated rings. The fraction of sp³-hybridized carbons (Fsp3) is 0.414. The van der Waals surface area contributed by atoms with Gasteiger partial charge in [0.15, 0.2) is 0 Å². The summed E-state index contributed by atoms with van der Waals surface area (Å²) in [6.07, 6.45) is 1.91. The first-order valence-electron chi connectivity index (χ1n) is 12.9. The normalized spacial score (nSPS) is 13.6. The number of aliphatic hydroxyl groups excluding tert-OH is 2. The van der Waals surface area contributed by atoms with E-state index in [0.717, 1.165) is 11.1 Å². The van der Waals surface area contributed by atoms with Crippen LogP contribution in [-0.4, -0.2) is 56.4 Å². The Morgan fingerprint density at radius 1 is 1.10 bits per heavy atom. The van der Waals surface area contributed by atoms with E-state index in [9.17, 15) is 19.8 Å². The predicted molar refractivity (Wildman–Crippen MR) is 151 cm³/mol. The molecule has 2 amide bonds. The van der Waals surface area contributed by atoms with Crippen LogP contribution in [0, 0.1) is 0 Å². The highest BCUT2D eigenvalue weighted by Gasteiger charge is 2.24. The first kappa shape index (κ1) is 30.1. The van der Waals surface area contributed by atoms with Crippen LogP contribution in [0.15, 0.2) is 48.7 Å². The molecule has 39 heavy (non-hydrogen) atoms. The number of hydrogen-bond donors (Lipinski definition) is 4. The second-order valence-electron chi connectivity index (χ2n) is 9.91. The number of nitrogens with zero attached hydrogens (tertiary/aromatic N) is 2. The first-order chi connectivity index (χ1) is 18.5. The van der Waals surface area contributed by atoms with Crippen LogP contribution in [0.4, 0.5) is 0 Å². The predicted octanol–water partition coefficient (Wildman–Crippen LogP) is 3.81. The Bertz CT molecular complexity index is 1270. The topological polar surface area (TPSA) is 126 Å². The molecule has 0 aliphatic carbocycles. The first-order valence-corrected chi connectivity index (χ1v) is 13.3. The van der Waals surface area contributed by atoms with Crippen LogP contribution in [0.1, 0.15) is 61.9 Å². The Balaban J connectivity index is 1.71. The van der Waals surface area contributed by atoms with Gasteiger partial charge in [-0.2, -0.15) is 0 Å². The van der Waals surface area contributed by atoms with Crippen molar-refractivity contribution in [1.29, 1.82) is 0 Å². The molecule has 1 aromatic heterocycles. The van der Waals surface area contributed by atoms with Crippen molar-refractivity contribution in [2.45, 2.75) is 64.8 Å². The fourth-order valence-electron chi connectivity index (χ4n) is 4.27. The largest absolute Gasteiger partial charge is 0.489 e. The average Bonchev–Trinajstić information content (AvgIpc) is 3.24. The Labute approximate surface area is 234 Å². The number of rotatable bonds is 12. The number of benzene rings is 2. The van der Waals surface area contributed by atoms with Gasteiger partial charge in [-0.05, 0) is 57.4 Å². The van der Waals surface area contributed by atoms with Crippen molar-refractivity contribution in [3.8, 4) is 17.0 Å². The van der Waals surface area contributed by atoms with Gasteiger partial charge < -0.3 is 30.2 Å². The van der Waals surface area contributed by atoms with E-state index in [1.807, 2.05) is 51.4 Å². The van der Waals surface area contributed by atoms with E-state index >= 15 is 0 Å². The molecule has 4 N–H and O–H groups in total. The van der Waals surface area contributed by atoms with Crippen LogP contribution >= 0.6 is 11.6 Å². The molecule has 3 rings (SSSR count). The Morgan fingerprint density at radius 3 is 2.36 bits per heavy atom. The van der Waals surface area contributed by atoms with Crippen LogP contribution in [0.25, 0.3) is 11.3 Å². The van der Waals surface area contributed by atoms with Crippen LogP contribution in [0.2, 0.25) is 5.02 Å². The number of halogens is 1. The quantitative estimate of drug-likeness (QED) is 0.269. The number of carbonyl (C=O) groups excluding carboxylic acids is 2. The van der Waals surface area contributed by atoms with Gasteiger partial charge in [0.1, 0.15) is 17.6 Å². The highest BCUT2D eigenvalue weighted by Crippen LogP contribution is 2.27. The van der Waals surface area contributed by atoms with Crippen molar-refractivity contribution in [1.82, 2.24) is 20.2 Å². The monoisotopic (exact) mass is 556 g/mol. The van der Waals surface area contributed by atoms with Gasteiger partial charge >= 0.3 is 0 Å². The van der Waals surface area contributed by atoms with E-state index < -0.39 is 12.1 Å². The second-order valence-corrected chi connectivity index (χ2v) is 10.3. The van der Waals surface area contributed by atoms with Crippen molar-refractivity contribution in [2.75, 3.05) is 6.61 Å².